The number of aryl methyl sites for hydroxylation is 1. The zero-order chi connectivity index (χ0) is 30.4. The number of rotatable bonds is 7. The molecule has 5 rings (SSSR count). The second-order valence-electron chi connectivity index (χ2n) is 11.9. The molecule has 0 atom stereocenters. The molecule has 1 saturated carbocycles. The van der Waals surface area contributed by atoms with E-state index in [1.807, 2.05) is 43.9 Å². The largest absolute Gasteiger partial charge is 0.508 e. The van der Waals surface area contributed by atoms with Crippen LogP contribution in [0.2, 0.25) is 0 Å². The minimum absolute atomic E-state index is 0.0166. The molecule has 0 spiro atoms. The van der Waals surface area contributed by atoms with Crippen LogP contribution < -0.4 is 14.5 Å². The van der Waals surface area contributed by atoms with Crippen LogP contribution in [-0.2, 0) is 14.3 Å². The van der Waals surface area contributed by atoms with Crippen LogP contribution in [-0.4, -0.2) is 51.5 Å². The van der Waals surface area contributed by atoms with E-state index in [1.165, 1.54) is 4.90 Å². The molecule has 11 heteroatoms. The van der Waals surface area contributed by atoms with Crippen molar-refractivity contribution in [2.24, 2.45) is 0 Å². The molecular formula is C31H33N5O5S. The van der Waals surface area contributed by atoms with E-state index in [2.05, 4.69) is 4.85 Å². The van der Waals surface area contributed by atoms with Crippen LogP contribution in [0.25, 0.3) is 15.7 Å². The van der Waals surface area contributed by atoms with E-state index >= 15 is 0 Å². The summed E-state index contributed by atoms with van der Waals surface area (Å²) in [7, 11) is 0. The van der Waals surface area contributed by atoms with Gasteiger partial charge in [0.1, 0.15) is 30.2 Å². The molecule has 3 aromatic rings. The summed E-state index contributed by atoms with van der Waals surface area (Å²) >= 11 is 5.87. The molecule has 0 bridgehead atoms. The van der Waals surface area contributed by atoms with Crippen LogP contribution in [0.1, 0.15) is 64.8 Å². The molecule has 218 valence electrons. The summed E-state index contributed by atoms with van der Waals surface area (Å²) in [4.78, 5) is 42.0. The highest BCUT2D eigenvalue weighted by Crippen LogP contribution is 2.42. The van der Waals surface area contributed by atoms with Gasteiger partial charge in [-0.05, 0) is 102 Å². The van der Waals surface area contributed by atoms with E-state index in [1.54, 1.807) is 39.0 Å². The second kappa shape index (κ2) is 10.8. The van der Waals surface area contributed by atoms with E-state index < -0.39 is 17.3 Å². The number of fused-ring (bicyclic) bond motifs is 1. The minimum atomic E-state index is -0.992. The van der Waals surface area contributed by atoms with E-state index in [0.717, 1.165) is 24.2 Å². The van der Waals surface area contributed by atoms with E-state index in [-0.39, 0.29) is 19.1 Å². The lowest BCUT2D eigenvalue weighted by Crippen LogP contribution is -2.44. The predicted octanol–water partition coefficient (Wildman–Crippen LogP) is 6.61. The smallest absolute Gasteiger partial charge is 0.474 e. The van der Waals surface area contributed by atoms with Crippen molar-refractivity contribution in [3.63, 3.8) is 0 Å². The fourth-order valence-electron chi connectivity index (χ4n) is 4.78. The lowest BCUT2D eigenvalue weighted by Gasteiger charge is -2.29. The van der Waals surface area contributed by atoms with Crippen LogP contribution in [0.15, 0.2) is 36.4 Å². The standard InChI is InChI=1S/C31H33N5O5S/c1-18-16-20(10-12-23(18)32-7)35-27(37)31(5,6)36(28(35)42)21-11-13-24-22(17-21)26(34-25(33-24)19-8-9-19)39-14-15-40-29(38)41-30(2,3)4/h10-13,16-17,19H,8-9,14-15H2,1-6H3. The van der Waals surface area contributed by atoms with Crippen molar-refractivity contribution in [3.05, 3.63) is 59.2 Å². The summed E-state index contributed by atoms with van der Waals surface area (Å²) in [6.07, 6.45) is 1.28. The van der Waals surface area contributed by atoms with Gasteiger partial charge in [0, 0.05) is 17.3 Å². The molecule has 2 aromatic carbocycles. The molecule has 1 aromatic heterocycles. The van der Waals surface area contributed by atoms with Gasteiger partial charge in [0.15, 0.2) is 10.8 Å². The number of hydrogen-bond acceptors (Lipinski definition) is 8. The summed E-state index contributed by atoms with van der Waals surface area (Å²) in [6, 6.07) is 10.9. The van der Waals surface area contributed by atoms with Crippen LogP contribution in [0.4, 0.5) is 21.9 Å². The first-order chi connectivity index (χ1) is 19.8. The minimum Gasteiger partial charge on any atom is -0.474 e. The monoisotopic (exact) mass is 587 g/mol. The number of hydrogen-bond donors (Lipinski definition) is 0. The molecule has 10 nitrogen and oxygen atoms in total. The van der Waals surface area contributed by atoms with Gasteiger partial charge in [0.2, 0.25) is 5.88 Å². The molecule has 1 amide bonds. The van der Waals surface area contributed by atoms with Crippen LogP contribution >= 0.6 is 12.2 Å². The number of ether oxygens (including phenoxy) is 3. The Balaban J connectivity index is 1.45. The Morgan fingerprint density at radius 3 is 2.48 bits per heavy atom. The number of aromatic nitrogens is 2. The first kappa shape index (κ1) is 29.2. The lowest BCUT2D eigenvalue weighted by molar-refractivity contribution is -0.120. The predicted molar refractivity (Wildman–Crippen MR) is 163 cm³/mol. The van der Waals surface area contributed by atoms with Crippen LogP contribution in [0.5, 0.6) is 5.88 Å². The van der Waals surface area contributed by atoms with Gasteiger partial charge in [0.25, 0.3) is 5.91 Å². The fraction of sp³-hybridized carbons (Fsp3) is 0.419. The molecule has 1 aliphatic heterocycles. The average Bonchev–Trinajstić information content (AvgIpc) is 3.73. The summed E-state index contributed by atoms with van der Waals surface area (Å²) in [5.41, 5.74) is 1.64. The zero-order valence-electron chi connectivity index (χ0n) is 24.6. The Kier molecular flexibility index (Phi) is 7.53. The average molecular weight is 588 g/mol. The number of benzene rings is 2. The third kappa shape index (κ3) is 5.72. The molecule has 2 aliphatic rings. The van der Waals surface area contributed by atoms with Gasteiger partial charge in [-0.2, -0.15) is 4.98 Å². The molecule has 0 radical (unpaired) electrons. The third-order valence-electron chi connectivity index (χ3n) is 7.02. The van der Waals surface area contributed by atoms with Gasteiger partial charge in [-0.1, -0.05) is 6.07 Å². The first-order valence-electron chi connectivity index (χ1n) is 13.8. The maximum Gasteiger partial charge on any atom is 0.508 e. The molecule has 1 aliphatic carbocycles. The zero-order valence-corrected chi connectivity index (χ0v) is 25.4. The molecule has 1 saturated heterocycles. The van der Waals surface area contributed by atoms with E-state index in [9.17, 15) is 9.59 Å². The molecule has 42 heavy (non-hydrogen) atoms. The van der Waals surface area contributed by atoms with Gasteiger partial charge >= 0.3 is 6.16 Å². The SMILES string of the molecule is [C-]#[N+]c1ccc(N2C(=O)C(C)(C)N(c3ccc4nc(C5CC5)nc(OCCOC(=O)OC(C)(C)C)c4c3)C2=S)cc1C. The number of nitrogens with zero attached hydrogens (tertiary/aromatic N) is 5. The van der Waals surface area contributed by atoms with Crippen molar-refractivity contribution in [1.82, 2.24) is 9.97 Å². The van der Waals surface area contributed by atoms with Crippen molar-refractivity contribution in [2.45, 2.75) is 71.4 Å². The maximum atomic E-state index is 13.7. The van der Waals surface area contributed by atoms with Crippen molar-refractivity contribution >= 4 is 57.4 Å². The van der Waals surface area contributed by atoms with E-state index in [4.69, 9.17) is 43.0 Å². The Morgan fingerprint density at radius 2 is 1.83 bits per heavy atom. The summed E-state index contributed by atoms with van der Waals surface area (Å²) in [5.74, 6) is 1.20. The van der Waals surface area contributed by atoms with Gasteiger partial charge < -0.3 is 19.1 Å². The summed E-state index contributed by atoms with van der Waals surface area (Å²) < 4.78 is 16.4. The number of anilines is 2. The quantitative estimate of drug-likeness (QED) is 0.131. The van der Waals surface area contributed by atoms with Crippen LogP contribution in [0.3, 0.4) is 0 Å². The first-order valence-corrected chi connectivity index (χ1v) is 14.2. The Morgan fingerprint density at radius 1 is 1.12 bits per heavy atom. The topological polar surface area (TPSA) is 98.5 Å². The van der Waals surface area contributed by atoms with Gasteiger partial charge in [0.05, 0.1) is 17.5 Å². The van der Waals surface area contributed by atoms with Crippen molar-refractivity contribution in [3.8, 4) is 5.88 Å². The maximum absolute atomic E-state index is 13.7. The highest BCUT2D eigenvalue weighted by Gasteiger charge is 2.50. The molecular weight excluding hydrogens is 554 g/mol. The summed E-state index contributed by atoms with van der Waals surface area (Å²) in [5, 5.41) is 0.971. The fourth-order valence-corrected chi connectivity index (χ4v) is 5.30. The highest BCUT2D eigenvalue weighted by molar-refractivity contribution is 7.81. The Hall–Kier alpha value is -4.30. The molecule has 0 unspecified atom stereocenters. The highest BCUT2D eigenvalue weighted by atomic mass is 32.1. The van der Waals surface area contributed by atoms with Crippen LogP contribution in [0, 0.1) is 13.5 Å². The summed E-state index contributed by atoms with van der Waals surface area (Å²) in [6.45, 7) is 18.2. The molecule has 0 N–H and O–H groups in total. The lowest BCUT2D eigenvalue weighted by atomic mass is 10.0. The Labute approximate surface area is 250 Å². The number of thiocarbonyl (C=S) groups is 1. The molecule has 2 heterocycles. The Bertz CT molecular complexity index is 1640. The van der Waals surface area contributed by atoms with Gasteiger partial charge in [-0.3, -0.25) is 9.69 Å². The van der Waals surface area contributed by atoms with Gasteiger partial charge in [-0.25, -0.2) is 14.6 Å². The second-order valence-corrected chi connectivity index (χ2v) is 12.3. The van der Waals surface area contributed by atoms with Crippen molar-refractivity contribution in [1.29, 1.82) is 0 Å². The van der Waals surface area contributed by atoms with Gasteiger partial charge in [-0.15, -0.1) is 0 Å². The number of carbonyl (C=O) groups excluding carboxylic acids is 2. The van der Waals surface area contributed by atoms with E-state index in [0.29, 0.717) is 44.9 Å². The van der Waals surface area contributed by atoms with Crippen molar-refractivity contribution < 1.29 is 23.8 Å². The number of amides is 1. The van der Waals surface area contributed by atoms with Crippen molar-refractivity contribution in [2.75, 3.05) is 23.0 Å². The normalized spacial score (nSPS) is 16.5. The number of carbonyl (C=O) groups is 2. The molecule has 2 fully saturated rings. The third-order valence-corrected chi connectivity index (χ3v) is 7.39.